The molecule has 0 aliphatic rings. The second-order valence-electron chi connectivity index (χ2n) is 4.47. The van der Waals surface area contributed by atoms with E-state index in [1.54, 1.807) is 29.5 Å². The SMILES string of the molecule is CCc1ccc(CNCC(=O)Nc2c(Cl)cccc2Cl)s1. The van der Waals surface area contributed by atoms with Gasteiger partial charge in [0.1, 0.15) is 0 Å². The van der Waals surface area contributed by atoms with Crippen molar-refractivity contribution >= 4 is 46.1 Å². The van der Waals surface area contributed by atoms with Gasteiger partial charge in [-0.1, -0.05) is 36.2 Å². The van der Waals surface area contributed by atoms with E-state index in [0.717, 1.165) is 6.42 Å². The Morgan fingerprint density at radius 2 is 1.81 bits per heavy atom. The number of carbonyl (C=O) groups excluding carboxylic acids is 1. The number of thiophene rings is 1. The Balaban J connectivity index is 1.82. The van der Waals surface area contributed by atoms with Crippen LogP contribution in [-0.4, -0.2) is 12.5 Å². The third-order valence-corrected chi connectivity index (χ3v) is 4.74. The lowest BCUT2D eigenvalue weighted by molar-refractivity contribution is -0.115. The lowest BCUT2D eigenvalue weighted by atomic mass is 10.3. The van der Waals surface area contributed by atoms with Gasteiger partial charge in [-0.3, -0.25) is 4.79 Å². The van der Waals surface area contributed by atoms with Crippen LogP contribution in [0.4, 0.5) is 5.69 Å². The number of benzene rings is 1. The molecule has 0 aliphatic carbocycles. The third kappa shape index (κ3) is 4.71. The first-order chi connectivity index (χ1) is 10.1. The summed E-state index contributed by atoms with van der Waals surface area (Å²) in [6.07, 6.45) is 1.04. The Morgan fingerprint density at radius 3 is 2.43 bits per heavy atom. The number of carbonyl (C=O) groups is 1. The summed E-state index contributed by atoms with van der Waals surface area (Å²) in [6, 6.07) is 9.31. The maximum absolute atomic E-state index is 11.9. The first-order valence-corrected chi connectivity index (χ1v) is 8.19. The second-order valence-corrected chi connectivity index (χ2v) is 6.54. The van der Waals surface area contributed by atoms with Crippen molar-refractivity contribution in [3.05, 3.63) is 50.1 Å². The van der Waals surface area contributed by atoms with Crippen LogP contribution < -0.4 is 10.6 Å². The molecule has 6 heteroatoms. The summed E-state index contributed by atoms with van der Waals surface area (Å²) in [5.41, 5.74) is 0.456. The number of hydrogen-bond acceptors (Lipinski definition) is 3. The van der Waals surface area contributed by atoms with Crippen molar-refractivity contribution in [1.82, 2.24) is 5.32 Å². The number of aryl methyl sites for hydroxylation is 1. The summed E-state index contributed by atoms with van der Waals surface area (Å²) in [5, 5.41) is 6.69. The van der Waals surface area contributed by atoms with Crippen LogP contribution in [-0.2, 0) is 17.8 Å². The lowest BCUT2D eigenvalue weighted by Crippen LogP contribution is -2.27. The molecule has 0 spiro atoms. The van der Waals surface area contributed by atoms with E-state index < -0.39 is 0 Å². The van der Waals surface area contributed by atoms with E-state index >= 15 is 0 Å². The standard InChI is InChI=1S/C15H16Cl2N2OS/c1-2-10-6-7-11(21-10)8-18-9-14(20)19-15-12(16)4-3-5-13(15)17/h3-7,18H,2,8-9H2,1H3,(H,19,20). The molecule has 2 rings (SSSR count). The molecule has 0 fully saturated rings. The van der Waals surface area contributed by atoms with Crippen molar-refractivity contribution in [2.45, 2.75) is 19.9 Å². The van der Waals surface area contributed by atoms with E-state index in [0.29, 0.717) is 22.3 Å². The van der Waals surface area contributed by atoms with Crippen LogP contribution in [0.5, 0.6) is 0 Å². The summed E-state index contributed by atoms with van der Waals surface area (Å²) in [7, 11) is 0. The topological polar surface area (TPSA) is 41.1 Å². The molecule has 1 aromatic carbocycles. The van der Waals surface area contributed by atoms with Crippen LogP contribution in [0.2, 0.25) is 10.0 Å². The van der Waals surface area contributed by atoms with Gasteiger partial charge in [-0.25, -0.2) is 0 Å². The molecule has 2 N–H and O–H groups in total. The molecule has 1 aromatic heterocycles. The van der Waals surface area contributed by atoms with Crippen molar-refractivity contribution in [2.24, 2.45) is 0 Å². The number of hydrogen-bond donors (Lipinski definition) is 2. The molecule has 2 aromatic rings. The molecule has 3 nitrogen and oxygen atoms in total. The molecule has 0 radical (unpaired) electrons. The fraction of sp³-hybridized carbons (Fsp3) is 0.267. The van der Waals surface area contributed by atoms with Gasteiger partial charge in [0, 0.05) is 16.3 Å². The van der Waals surface area contributed by atoms with E-state index in [1.165, 1.54) is 9.75 Å². The summed E-state index contributed by atoms with van der Waals surface area (Å²) >= 11 is 13.8. The van der Waals surface area contributed by atoms with Crippen molar-refractivity contribution in [3.8, 4) is 0 Å². The fourth-order valence-electron chi connectivity index (χ4n) is 1.81. The van der Waals surface area contributed by atoms with E-state index in [2.05, 4.69) is 29.7 Å². The third-order valence-electron chi connectivity index (χ3n) is 2.88. The molecule has 0 unspecified atom stereocenters. The van der Waals surface area contributed by atoms with Gasteiger partial charge < -0.3 is 10.6 Å². The summed E-state index contributed by atoms with van der Waals surface area (Å²) in [6.45, 7) is 3.01. The quantitative estimate of drug-likeness (QED) is 0.819. The van der Waals surface area contributed by atoms with Crippen molar-refractivity contribution in [2.75, 3.05) is 11.9 Å². The van der Waals surface area contributed by atoms with E-state index in [-0.39, 0.29) is 12.5 Å². The Bertz CT molecular complexity index is 608. The molecule has 21 heavy (non-hydrogen) atoms. The molecule has 1 amide bonds. The van der Waals surface area contributed by atoms with Crippen LogP contribution in [0.1, 0.15) is 16.7 Å². The minimum Gasteiger partial charge on any atom is -0.322 e. The van der Waals surface area contributed by atoms with Gasteiger partial charge in [-0.05, 0) is 30.7 Å². The van der Waals surface area contributed by atoms with Crippen LogP contribution in [0, 0.1) is 0 Å². The zero-order valence-electron chi connectivity index (χ0n) is 11.6. The van der Waals surface area contributed by atoms with Gasteiger partial charge in [0.05, 0.1) is 22.3 Å². The smallest absolute Gasteiger partial charge is 0.238 e. The average Bonchev–Trinajstić information content (AvgIpc) is 2.91. The highest BCUT2D eigenvalue weighted by Gasteiger charge is 2.09. The Hall–Kier alpha value is -1.07. The highest BCUT2D eigenvalue weighted by Crippen LogP contribution is 2.29. The van der Waals surface area contributed by atoms with E-state index in [1.807, 2.05) is 0 Å². The highest BCUT2D eigenvalue weighted by atomic mass is 35.5. The zero-order chi connectivity index (χ0) is 15.2. The molecular weight excluding hydrogens is 327 g/mol. The van der Waals surface area contributed by atoms with Crippen molar-refractivity contribution in [1.29, 1.82) is 0 Å². The lowest BCUT2D eigenvalue weighted by Gasteiger charge is -2.09. The number of halogens is 2. The maximum Gasteiger partial charge on any atom is 0.238 e. The van der Waals surface area contributed by atoms with Gasteiger partial charge in [0.25, 0.3) is 0 Å². The van der Waals surface area contributed by atoms with Crippen LogP contribution >= 0.6 is 34.5 Å². The van der Waals surface area contributed by atoms with Gasteiger partial charge in [-0.2, -0.15) is 0 Å². The normalized spacial score (nSPS) is 10.6. The zero-order valence-corrected chi connectivity index (χ0v) is 13.9. The second kappa shape index (κ2) is 7.80. The van der Waals surface area contributed by atoms with Gasteiger partial charge in [0.15, 0.2) is 0 Å². The summed E-state index contributed by atoms with van der Waals surface area (Å²) in [5.74, 6) is -0.169. The number of para-hydroxylation sites is 1. The number of amides is 1. The predicted octanol–water partition coefficient (Wildman–Crippen LogP) is 4.35. The molecule has 0 saturated heterocycles. The van der Waals surface area contributed by atoms with Crippen LogP contribution in [0.25, 0.3) is 0 Å². The van der Waals surface area contributed by atoms with Crippen LogP contribution in [0.15, 0.2) is 30.3 Å². The summed E-state index contributed by atoms with van der Waals surface area (Å²) in [4.78, 5) is 14.4. The highest BCUT2D eigenvalue weighted by molar-refractivity contribution is 7.11. The van der Waals surface area contributed by atoms with Crippen molar-refractivity contribution < 1.29 is 4.79 Å². The summed E-state index contributed by atoms with van der Waals surface area (Å²) < 4.78 is 0. The Kier molecular flexibility index (Phi) is 6.06. The van der Waals surface area contributed by atoms with Gasteiger partial charge >= 0.3 is 0 Å². The first kappa shape index (κ1) is 16.3. The predicted molar refractivity (Wildman–Crippen MR) is 90.5 cm³/mol. The Labute approximate surface area is 138 Å². The van der Waals surface area contributed by atoms with Gasteiger partial charge in [0.2, 0.25) is 5.91 Å². The molecular formula is C15H16Cl2N2OS. The maximum atomic E-state index is 11.9. The molecule has 0 atom stereocenters. The fourth-order valence-corrected chi connectivity index (χ4v) is 3.23. The molecule has 0 saturated carbocycles. The minimum absolute atomic E-state index is 0.169. The van der Waals surface area contributed by atoms with Crippen LogP contribution in [0.3, 0.4) is 0 Å². The molecule has 0 bridgehead atoms. The number of nitrogens with one attached hydrogen (secondary N) is 2. The number of rotatable bonds is 6. The van der Waals surface area contributed by atoms with E-state index in [9.17, 15) is 4.79 Å². The van der Waals surface area contributed by atoms with Gasteiger partial charge in [-0.15, -0.1) is 11.3 Å². The monoisotopic (exact) mass is 342 g/mol. The first-order valence-electron chi connectivity index (χ1n) is 6.62. The van der Waals surface area contributed by atoms with E-state index in [4.69, 9.17) is 23.2 Å². The Morgan fingerprint density at radius 1 is 1.14 bits per heavy atom. The molecule has 112 valence electrons. The molecule has 1 heterocycles. The largest absolute Gasteiger partial charge is 0.322 e. The molecule has 0 aliphatic heterocycles. The van der Waals surface area contributed by atoms with Crippen molar-refractivity contribution in [3.63, 3.8) is 0 Å². The average molecular weight is 343 g/mol. The minimum atomic E-state index is -0.169. The number of anilines is 1.